The normalized spacial score (nSPS) is 14.9. The first-order chi connectivity index (χ1) is 7.95. The highest BCUT2D eigenvalue weighted by atomic mass is 19.3. The van der Waals surface area contributed by atoms with E-state index < -0.39 is 18.5 Å². The van der Waals surface area contributed by atoms with E-state index in [1.807, 2.05) is 0 Å². The summed E-state index contributed by atoms with van der Waals surface area (Å²) in [5, 5.41) is 2.74. The zero-order chi connectivity index (χ0) is 12.9. The van der Waals surface area contributed by atoms with Crippen LogP contribution < -0.4 is 11.1 Å². The fourth-order valence-corrected chi connectivity index (χ4v) is 1.58. The van der Waals surface area contributed by atoms with Gasteiger partial charge >= 0.3 is 0 Å². The molecule has 2 nitrogen and oxygen atoms in total. The first kappa shape index (κ1) is 14.0. The summed E-state index contributed by atoms with van der Waals surface area (Å²) in [7, 11) is 0. The van der Waals surface area contributed by atoms with Crippen molar-refractivity contribution in [2.75, 3.05) is 13.1 Å². The first-order valence-electron chi connectivity index (χ1n) is 5.43. The molecule has 0 saturated carbocycles. The Kier molecular flexibility index (Phi) is 4.96. The molecule has 0 amide bonds. The molecule has 0 aliphatic heterocycles. The zero-order valence-corrected chi connectivity index (χ0v) is 9.72. The van der Waals surface area contributed by atoms with Crippen LogP contribution in [0.25, 0.3) is 0 Å². The van der Waals surface area contributed by atoms with Crippen molar-refractivity contribution in [3.05, 3.63) is 35.6 Å². The number of benzene rings is 1. The van der Waals surface area contributed by atoms with Crippen LogP contribution in [-0.2, 0) is 6.42 Å². The number of hydrogen-bond acceptors (Lipinski definition) is 2. The van der Waals surface area contributed by atoms with Crippen molar-refractivity contribution in [2.24, 2.45) is 5.73 Å². The Morgan fingerprint density at radius 2 is 1.88 bits per heavy atom. The fraction of sp³-hybridized carbons (Fsp3) is 0.500. The number of nitrogens with one attached hydrogen (secondary N) is 1. The van der Waals surface area contributed by atoms with E-state index in [-0.39, 0.29) is 12.4 Å². The molecule has 17 heavy (non-hydrogen) atoms. The Morgan fingerprint density at radius 3 is 2.35 bits per heavy atom. The fourth-order valence-electron chi connectivity index (χ4n) is 1.58. The first-order valence-corrected chi connectivity index (χ1v) is 5.43. The average Bonchev–Trinajstić information content (AvgIpc) is 2.30. The van der Waals surface area contributed by atoms with Gasteiger partial charge in [-0.2, -0.15) is 0 Å². The molecule has 0 heterocycles. The van der Waals surface area contributed by atoms with Crippen LogP contribution in [0.4, 0.5) is 13.2 Å². The largest absolute Gasteiger partial charge is 0.329 e. The molecule has 0 radical (unpaired) electrons. The number of hydrogen-bond donors (Lipinski definition) is 2. The van der Waals surface area contributed by atoms with Gasteiger partial charge < -0.3 is 11.1 Å². The Balaban J connectivity index is 2.64. The summed E-state index contributed by atoms with van der Waals surface area (Å²) < 4.78 is 37.0. The lowest BCUT2D eigenvalue weighted by atomic mass is 9.93. The van der Waals surface area contributed by atoms with E-state index in [9.17, 15) is 13.2 Å². The molecule has 5 heteroatoms. The third kappa shape index (κ3) is 4.75. The molecule has 1 rings (SSSR count). The molecule has 0 bridgehead atoms. The number of nitrogens with two attached hydrogens (primary N) is 1. The maximum absolute atomic E-state index is 12.7. The van der Waals surface area contributed by atoms with Gasteiger partial charge in [0, 0.05) is 12.1 Å². The lowest BCUT2D eigenvalue weighted by molar-refractivity contribution is 0.132. The maximum Gasteiger partial charge on any atom is 0.250 e. The highest BCUT2D eigenvalue weighted by molar-refractivity contribution is 5.18. The van der Waals surface area contributed by atoms with Gasteiger partial charge in [-0.15, -0.1) is 0 Å². The standard InChI is InChI=1S/C12H17F3N2/c1-12(8-16,17-7-11(14)15)6-9-2-4-10(13)5-3-9/h2-5,11,17H,6-8,16H2,1H3. The molecule has 0 aromatic heterocycles. The van der Waals surface area contributed by atoms with Crippen molar-refractivity contribution >= 4 is 0 Å². The van der Waals surface area contributed by atoms with E-state index in [1.165, 1.54) is 12.1 Å². The van der Waals surface area contributed by atoms with E-state index in [0.29, 0.717) is 6.42 Å². The van der Waals surface area contributed by atoms with Crippen molar-refractivity contribution < 1.29 is 13.2 Å². The molecule has 0 spiro atoms. The van der Waals surface area contributed by atoms with Gasteiger partial charge in [0.05, 0.1) is 6.54 Å². The quantitative estimate of drug-likeness (QED) is 0.805. The Hall–Kier alpha value is -1.07. The number of halogens is 3. The van der Waals surface area contributed by atoms with E-state index in [0.717, 1.165) is 5.56 Å². The summed E-state index contributed by atoms with van der Waals surface area (Å²) in [4.78, 5) is 0. The molecule has 0 aliphatic carbocycles. The molecular formula is C12H17F3N2. The average molecular weight is 246 g/mol. The summed E-state index contributed by atoms with van der Waals surface area (Å²) in [6, 6.07) is 5.96. The minimum Gasteiger partial charge on any atom is -0.329 e. The summed E-state index contributed by atoms with van der Waals surface area (Å²) in [6.45, 7) is 1.62. The molecule has 1 aromatic carbocycles. The molecule has 0 fully saturated rings. The smallest absolute Gasteiger partial charge is 0.250 e. The summed E-state index contributed by atoms with van der Waals surface area (Å²) in [6.07, 6.45) is -1.93. The highest BCUT2D eigenvalue weighted by Gasteiger charge is 2.23. The zero-order valence-electron chi connectivity index (χ0n) is 9.72. The molecule has 1 aromatic rings. The van der Waals surface area contributed by atoms with Crippen molar-refractivity contribution in [3.8, 4) is 0 Å². The van der Waals surface area contributed by atoms with Crippen LogP contribution in [0, 0.1) is 5.82 Å². The third-order valence-electron chi connectivity index (χ3n) is 2.64. The number of alkyl halides is 2. The van der Waals surface area contributed by atoms with E-state index in [2.05, 4.69) is 5.32 Å². The van der Waals surface area contributed by atoms with Crippen molar-refractivity contribution in [2.45, 2.75) is 25.3 Å². The Bertz CT molecular complexity index is 340. The predicted octanol–water partition coefficient (Wildman–Crippen LogP) is 1.94. The topological polar surface area (TPSA) is 38.0 Å². The van der Waals surface area contributed by atoms with Crippen LogP contribution in [-0.4, -0.2) is 25.1 Å². The lowest BCUT2D eigenvalue weighted by Gasteiger charge is -2.29. The minimum absolute atomic E-state index is 0.233. The predicted molar refractivity (Wildman–Crippen MR) is 61.6 cm³/mol. The van der Waals surface area contributed by atoms with Crippen molar-refractivity contribution in [1.82, 2.24) is 5.32 Å². The molecule has 0 aliphatic rings. The van der Waals surface area contributed by atoms with Crippen LogP contribution in [0.1, 0.15) is 12.5 Å². The molecule has 0 saturated heterocycles. The highest BCUT2D eigenvalue weighted by Crippen LogP contribution is 2.13. The van der Waals surface area contributed by atoms with Gasteiger partial charge in [0.15, 0.2) is 0 Å². The third-order valence-corrected chi connectivity index (χ3v) is 2.64. The van der Waals surface area contributed by atoms with Gasteiger partial charge in [-0.3, -0.25) is 0 Å². The lowest BCUT2D eigenvalue weighted by Crippen LogP contribution is -2.51. The summed E-state index contributed by atoms with van der Waals surface area (Å²) >= 11 is 0. The van der Waals surface area contributed by atoms with E-state index in [4.69, 9.17) is 5.73 Å². The Morgan fingerprint density at radius 1 is 1.29 bits per heavy atom. The van der Waals surface area contributed by atoms with Crippen molar-refractivity contribution in [3.63, 3.8) is 0 Å². The van der Waals surface area contributed by atoms with E-state index >= 15 is 0 Å². The van der Waals surface area contributed by atoms with Gasteiger partial charge in [-0.1, -0.05) is 12.1 Å². The summed E-state index contributed by atoms with van der Waals surface area (Å²) in [5.74, 6) is -0.316. The van der Waals surface area contributed by atoms with Crippen molar-refractivity contribution in [1.29, 1.82) is 0 Å². The van der Waals surface area contributed by atoms with Crippen LogP contribution in [0.5, 0.6) is 0 Å². The second-order valence-electron chi connectivity index (χ2n) is 4.34. The molecule has 1 unspecified atom stereocenters. The maximum atomic E-state index is 12.7. The Labute approximate surface area is 99.0 Å². The van der Waals surface area contributed by atoms with Crippen LogP contribution in [0.3, 0.4) is 0 Å². The van der Waals surface area contributed by atoms with Crippen LogP contribution in [0.2, 0.25) is 0 Å². The van der Waals surface area contributed by atoms with Gasteiger partial charge in [-0.25, -0.2) is 13.2 Å². The van der Waals surface area contributed by atoms with Gasteiger partial charge in [-0.05, 0) is 31.0 Å². The monoisotopic (exact) mass is 246 g/mol. The van der Waals surface area contributed by atoms with E-state index in [1.54, 1.807) is 19.1 Å². The van der Waals surface area contributed by atoms with Gasteiger partial charge in [0.2, 0.25) is 0 Å². The SMILES string of the molecule is CC(CN)(Cc1ccc(F)cc1)NCC(F)F. The molecular weight excluding hydrogens is 229 g/mol. The van der Waals surface area contributed by atoms with Gasteiger partial charge in [0.25, 0.3) is 6.43 Å². The molecule has 3 N–H and O–H groups in total. The second-order valence-corrected chi connectivity index (χ2v) is 4.34. The van der Waals surface area contributed by atoms with Crippen LogP contribution >= 0.6 is 0 Å². The van der Waals surface area contributed by atoms with Crippen LogP contribution in [0.15, 0.2) is 24.3 Å². The second kappa shape index (κ2) is 6.02. The molecule has 1 atom stereocenters. The minimum atomic E-state index is -2.41. The van der Waals surface area contributed by atoms with Gasteiger partial charge in [0.1, 0.15) is 5.82 Å². The number of rotatable bonds is 6. The summed E-state index contributed by atoms with van der Waals surface area (Å²) in [5.41, 5.74) is 5.85. The molecule has 96 valence electrons.